The predicted octanol–water partition coefficient (Wildman–Crippen LogP) is 1.95. The van der Waals surface area contributed by atoms with Gasteiger partial charge in [0.05, 0.1) is 17.0 Å². The van der Waals surface area contributed by atoms with Crippen molar-refractivity contribution >= 4 is 44.1 Å². The first-order valence-electron chi connectivity index (χ1n) is 6.99. The van der Waals surface area contributed by atoms with Gasteiger partial charge in [-0.25, -0.2) is 8.42 Å². The van der Waals surface area contributed by atoms with Crippen LogP contribution in [0.15, 0.2) is 24.3 Å². The smallest absolute Gasteiger partial charge is 0.220 e. The molecule has 1 fully saturated rings. The summed E-state index contributed by atoms with van der Waals surface area (Å²) in [5, 5.41) is 2.76. The van der Waals surface area contributed by atoms with Gasteiger partial charge in [-0.1, -0.05) is 12.1 Å². The van der Waals surface area contributed by atoms with E-state index in [1.807, 2.05) is 12.1 Å². The number of rotatable bonds is 5. The summed E-state index contributed by atoms with van der Waals surface area (Å²) in [6.07, 6.45) is 0.613. The molecule has 1 N–H and O–H groups in total. The molecule has 1 aromatic rings. The summed E-state index contributed by atoms with van der Waals surface area (Å²) in [4.78, 5) is 23.9. The lowest BCUT2D eigenvalue weighted by Crippen LogP contribution is -2.46. The van der Waals surface area contributed by atoms with Crippen LogP contribution in [-0.4, -0.2) is 37.2 Å². The van der Waals surface area contributed by atoms with Crippen molar-refractivity contribution < 1.29 is 18.0 Å². The van der Waals surface area contributed by atoms with Gasteiger partial charge in [-0.3, -0.25) is 9.59 Å². The van der Waals surface area contributed by atoms with Crippen LogP contribution in [0.2, 0.25) is 0 Å². The van der Waals surface area contributed by atoms with Crippen molar-refractivity contribution in [2.24, 2.45) is 0 Å². The number of ketones is 1. The standard InChI is InChI=1S/C15H18INO4S/c1-15(8-9-22(20,21)10-15)17-14(19)7-6-13(18)11-2-4-12(16)5-3-11/h2-5H,6-10H2,1H3,(H,17,19)/t15-/m0/s1. The molecule has 0 saturated carbocycles. The normalized spacial score (nSPS) is 23.2. The first-order valence-corrected chi connectivity index (χ1v) is 9.89. The Morgan fingerprint density at radius 2 is 1.86 bits per heavy atom. The van der Waals surface area contributed by atoms with Crippen molar-refractivity contribution in [2.45, 2.75) is 31.7 Å². The van der Waals surface area contributed by atoms with E-state index in [0.29, 0.717) is 12.0 Å². The van der Waals surface area contributed by atoms with E-state index < -0.39 is 15.4 Å². The number of benzene rings is 1. The average molecular weight is 435 g/mol. The maximum Gasteiger partial charge on any atom is 0.220 e. The van der Waals surface area contributed by atoms with Crippen molar-refractivity contribution in [2.75, 3.05) is 11.5 Å². The summed E-state index contributed by atoms with van der Waals surface area (Å²) >= 11 is 2.16. The number of halogens is 1. The summed E-state index contributed by atoms with van der Waals surface area (Å²) in [5.41, 5.74) is -0.121. The van der Waals surface area contributed by atoms with Gasteiger partial charge < -0.3 is 5.32 Å². The predicted molar refractivity (Wildman–Crippen MR) is 92.5 cm³/mol. The monoisotopic (exact) mass is 435 g/mol. The average Bonchev–Trinajstić information content (AvgIpc) is 2.70. The van der Waals surface area contributed by atoms with Gasteiger partial charge in [-0.05, 0) is 48.1 Å². The minimum atomic E-state index is -3.06. The van der Waals surface area contributed by atoms with Crippen LogP contribution in [-0.2, 0) is 14.6 Å². The molecule has 0 unspecified atom stereocenters. The van der Waals surface area contributed by atoms with E-state index in [0.717, 1.165) is 3.57 Å². The Labute approximate surface area is 143 Å². The Morgan fingerprint density at radius 1 is 1.23 bits per heavy atom. The van der Waals surface area contributed by atoms with Gasteiger partial charge in [0.25, 0.3) is 0 Å². The fourth-order valence-corrected chi connectivity index (χ4v) is 4.97. The zero-order valence-corrected chi connectivity index (χ0v) is 15.2. The van der Waals surface area contributed by atoms with E-state index in [1.165, 1.54) is 0 Å². The Morgan fingerprint density at radius 3 is 2.41 bits per heavy atom. The van der Waals surface area contributed by atoms with Crippen LogP contribution >= 0.6 is 22.6 Å². The van der Waals surface area contributed by atoms with Crippen LogP contribution in [0.1, 0.15) is 36.5 Å². The lowest BCUT2D eigenvalue weighted by atomic mass is 10.0. The molecule has 1 aliphatic heterocycles. The van der Waals surface area contributed by atoms with E-state index >= 15 is 0 Å². The zero-order chi connectivity index (χ0) is 16.4. The Kier molecular flexibility index (Phi) is 5.26. The van der Waals surface area contributed by atoms with Gasteiger partial charge in [0.2, 0.25) is 5.91 Å². The van der Waals surface area contributed by atoms with Crippen LogP contribution in [0.25, 0.3) is 0 Å². The largest absolute Gasteiger partial charge is 0.350 e. The number of carbonyl (C=O) groups excluding carboxylic acids is 2. The highest BCUT2D eigenvalue weighted by Crippen LogP contribution is 2.23. The fraction of sp³-hybridized carbons (Fsp3) is 0.467. The van der Waals surface area contributed by atoms with Crippen molar-refractivity contribution in [3.63, 3.8) is 0 Å². The van der Waals surface area contributed by atoms with Crippen molar-refractivity contribution in [1.29, 1.82) is 0 Å². The van der Waals surface area contributed by atoms with Gasteiger partial charge in [-0.15, -0.1) is 0 Å². The minimum Gasteiger partial charge on any atom is -0.350 e. The number of nitrogens with one attached hydrogen (secondary N) is 1. The SMILES string of the molecule is C[C@]1(NC(=O)CCC(=O)c2ccc(I)cc2)CCS(=O)(=O)C1. The molecule has 1 heterocycles. The first kappa shape index (κ1) is 17.4. The molecule has 120 valence electrons. The van der Waals surface area contributed by atoms with Gasteiger partial charge in [0.1, 0.15) is 0 Å². The van der Waals surface area contributed by atoms with Crippen LogP contribution in [0, 0.1) is 3.57 Å². The molecule has 1 aliphatic rings. The highest BCUT2D eigenvalue weighted by atomic mass is 127. The number of hydrogen-bond acceptors (Lipinski definition) is 4. The van der Waals surface area contributed by atoms with Crippen molar-refractivity contribution in [3.8, 4) is 0 Å². The first-order chi connectivity index (χ1) is 10.2. The number of carbonyl (C=O) groups is 2. The summed E-state index contributed by atoms with van der Waals surface area (Å²) < 4.78 is 24.0. The topological polar surface area (TPSA) is 80.3 Å². The second-order valence-corrected chi connectivity index (χ2v) is 9.31. The van der Waals surface area contributed by atoms with Crippen LogP contribution < -0.4 is 5.32 Å². The third-order valence-corrected chi connectivity index (χ3v) is 6.31. The minimum absolute atomic E-state index is 0.0309. The summed E-state index contributed by atoms with van der Waals surface area (Å²) in [6.45, 7) is 1.73. The summed E-state index contributed by atoms with van der Waals surface area (Å²) in [6, 6.07) is 7.18. The number of Topliss-reactive ketones (excluding diaryl/α,β-unsaturated/α-hetero) is 1. The van der Waals surface area contributed by atoms with E-state index in [-0.39, 0.29) is 36.0 Å². The van der Waals surface area contributed by atoms with E-state index in [2.05, 4.69) is 27.9 Å². The van der Waals surface area contributed by atoms with E-state index in [1.54, 1.807) is 19.1 Å². The molecular formula is C15H18INO4S. The number of amides is 1. The molecule has 0 aromatic heterocycles. The fourth-order valence-electron chi connectivity index (χ4n) is 2.52. The third-order valence-electron chi connectivity index (χ3n) is 3.69. The molecule has 22 heavy (non-hydrogen) atoms. The van der Waals surface area contributed by atoms with E-state index in [9.17, 15) is 18.0 Å². The Bertz CT molecular complexity index is 684. The molecule has 1 atom stereocenters. The highest BCUT2D eigenvalue weighted by molar-refractivity contribution is 14.1. The van der Waals surface area contributed by atoms with E-state index in [4.69, 9.17) is 0 Å². The quantitative estimate of drug-likeness (QED) is 0.567. The maximum atomic E-state index is 12.0. The molecule has 7 heteroatoms. The molecule has 0 radical (unpaired) electrons. The van der Waals surface area contributed by atoms with Crippen LogP contribution in [0.5, 0.6) is 0 Å². The zero-order valence-electron chi connectivity index (χ0n) is 12.3. The molecular weight excluding hydrogens is 417 g/mol. The molecule has 1 aromatic carbocycles. The second kappa shape index (κ2) is 6.66. The summed E-state index contributed by atoms with van der Waals surface area (Å²) in [5.74, 6) is -0.295. The van der Waals surface area contributed by atoms with Crippen LogP contribution in [0.4, 0.5) is 0 Å². The van der Waals surface area contributed by atoms with Gasteiger partial charge in [-0.2, -0.15) is 0 Å². The third kappa shape index (κ3) is 4.77. The molecule has 0 spiro atoms. The van der Waals surface area contributed by atoms with Crippen molar-refractivity contribution in [1.82, 2.24) is 5.32 Å². The highest BCUT2D eigenvalue weighted by Gasteiger charge is 2.39. The number of sulfone groups is 1. The Balaban J connectivity index is 1.85. The summed E-state index contributed by atoms with van der Waals surface area (Å²) in [7, 11) is -3.06. The molecule has 1 saturated heterocycles. The van der Waals surface area contributed by atoms with Gasteiger partial charge in [0, 0.05) is 22.0 Å². The van der Waals surface area contributed by atoms with Crippen LogP contribution in [0.3, 0.4) is 0 Å². The number of hydrogen-bond donors (Lipinski definition) is 1. The van der Waals surface area contributed by atoms with Gasteiger partial charge in [0.15, 0.2) is 15.6 Å². The molecule has 1 amide bonds. The lowest BCUT2D eigenvalue weighted by molar-refractivity contribution is -0.122. The molecule has 2 rings (SSSR count). The maximum absolute atomic E-state index is 12.0. The lowest BCUT2D eigenvalue weighted by Gasteiger charge is -2.23. The second-order valence-electron chi connectivity index (χ2n) is 5.88. The van der Waals surface area contributed by atoms with Crippen molar-refractivity contribution in [3.05, 3.63) is 33.4 Å². The van der Waals surface area contributed by atoms with Gasteiger partial charge >= 0.3 is 0 Å². The molecule has 0 aliphatic carbocycles. The Hall–Kier alpha value is -0.960. The molecule has 0 bridgehead atoms. The molecule has 5 nitrogen and oxygen atoms in total.